The Morgan fingerprint density at radius 1 is 1.11 bits per heavy atom. The van der Waals surface area contributed by atoms with E-state index in [-0.39, 0.29) is 0 Å². The van der Waals surface area contributed by atoms with E-state index >= 15 is 0 Å². The minimum Gasteiger partial charge on any atom is -0.342 e. The van der Waals surface area contributed by atoms with Crippen LogP contribution in [0, 0.1) is 0 Å². The van der Waals surface area contributed by atoms with Crippen molar-refractivity contribution < 1.29 is 0 Å². The summed E-state index contributed by atoms with van der Waals surface area (Å²) in [6.07, 6.45) is 6.78. The highest BCUT2D eigenvalue weighted by Crippen LogP contribution is 2.15. The van der Waals surface area contributed by atoms with Crippen molar-refractivity contribution in [2.75, 3.05) is 13.6 Å². The molecule has 0 aliphatic heterocycles. The van der Waals surface area contributed by atoms with Crippen molar-refractivity contribution in [3.8, 4) is 11.4 Å². The van der Waals surface area contributed by atoms with Gasteiger partial charge in [-0.05, 0) is 32.9 Å². The fraction of sp³-hybridized carbons (Fsp3) is 0.400. The molecule has 0 spiro atoms. The van der Waals surface area contributed by atoms with E-state index < -0.39 is 0 Å². The molecule has 2 N–H and O–H groups in total. The second-order valence-electron chi connectivity index (χ2n) is 4.54. The Kier molecular flexibility index (Phi) is 4.97. The molecule has 0 aliphatic carbocycles. The van der Waals surface area contributed by atoms with E-state index in [9.17, 15) is 0 Å². The third-order valence-electron chi connectivity index (χ3n) is 3.05. The molecule has 0 amide bonds. The molecule has 0 saturated carbocycles. The van der Waals surface area contributed by atoms with Gasteiger partial charge < -0.3 is 10.3 Å². The summed E-state index contributed by atoms with van der Waals surface area (Å²) >= 11 is 0. The van der Waals surface area contributed by atoms with Crippen molar-refractivity contribution >= 4 is 0 Å². The van der Waals surface area contributed by atoms with Gasteiger partial charge in [0.25, 0.3) is 0 Å². The molecule has 18 heavy (non-hydrogen) atoms. The number of nitrogens with one attached hydrogen (secondary N) is 2. The lowest BCUT2D eigenvalue weighted by atomic mass is 10.1. The lowest BCUT2D eigenvalue weighted by Gasteiger charge is -1.99. The highest BCUT2D eigenvalue weighted by molar-refractivity contribution is 5.54. The Morgan fingerprint density at radius 2 is 1.94 bits per heavy atom. The topological polar surface area (TPSA) is 40.7 Å². The molecule has 3 nitrogen and oxygen atoms in total. The van der Waals surface area contributed by atoms with Crippen LogP contribution in [-0.4, -0.2) is 23.6 Å². The molecule has 1 heterocycles. The first-order chi connectivity index (χ1) is 8.90. The number of nitrogens with zero attached hydrogens (tertiary/aromatic N) is 1. The summed E-state index contributed by atoms with van der Waals surface area (Å²) < 4.78 is 0. The summed E-state index contributed by atoms with van der Waals surface area (Å²) in [6, 6.07) is 10.3. The van der Waals surface area contributed by atoms with E-state index in [0.29, 0.717) is 0 Å². The Bertz CT molecular complexity index is 448. The summed E-state index contributed by atoms with van der Waals surface area (Å²) in [5, 5.41) is 3.17. The molecule has 0 radical (unpaired) electrons. The van der Waals surface area contributed by atoms with E-state index in [1.807, 2.05) is 31.4 Å². The molecule has 96 valence electrons. The van der Waals surface area contributed by atoms with Gasteiger partial charge in [0.05, 0.1) is 0 Å². The van der Waals surface area contributed by atoms with Crippen LogP contribution in [0.3, 0.4) is 0 Å². The third-order valence-corrected chi connectivity index (χ3v) is 3.05. The van der Waals surface area contributed by atoms with Crippen LogP contribution >= 0.6 is 0 Å². The maximum atomic E-state index is 4.43. The Balaban J connectivity index is 1.83. The van der Waals surface area contributed by atoms with Gasteiger partial charge in [-0.3, -0.25) is 0 Å². The number of imidazole rings is 1. The van der Waals surface area contributed by atoms with Gasteiger partial charge in [0.15, 0.2) is 0 Å². The number of hydrogen-bond acceptors (Lipinski definition) is 2. The summed E-state index contributed by atoms with van der Waals surface area (Å²) in [4.78, 5) is 7.83. The van der Waals surface area contributed by atoms with Gasteiger partial charge in [0.1, 0.15) is 5.82 Å². The van der Waals surface area contributed by atoms with E-state index in [4.69, 9.17) is 0 Å². The first kappa shape index (κ1) is 12.8. The van der Waals surface area contributed by atoms with Crippen LogP contribution in [0.2, 0.25) is 0 Å². The largest absolute Gasteiger partial charge is 0.342 e. The molecule has 0 saturated heterocycles. The van der Waals surface area contributed by atoms with Crippen LogP contribution in [0.1, 0.15) is 25.0 Å². The van der Waals surface area contributed by atoms with E-state index in [0.717, 1.165) is 24.4 Å². The van der Waals surface area contributed by atoms with Crippen molar-refractivity contribution in [1.82, 2.24) is 15.3 Å². The first-order valence-corrected chi connectivity index (χ1v) is 6.64. The lowest BCUT2D eigenvalue weighted by molar-refractivity contribution is 0.639. The van der Waals surface area contributed by atoms with Crippen molar-refractivity contribution in [2.45, 2.75) is 25.7 Å². The zero-order valence-corrected chi connectivity index (χ0v) is 10.9. The predicted molar refractivity (Wildman–Crippen MR) is 75.5 cm³/mol. The molecule has 2 rings (SSSR count). The van der Waals surface area contributed by atoms with Gasteiger partial charge in [-0.25, -0.2) is 4.98 Å². The number of aryl methyl sites for hydroxylation is 1. The Hall–Kier alpha value is -1.61. The fourth-order valence-electron chi connectivity index (χ4n) is 2.02. The zero-order valence-electron chi connectivity index (χ0n) is 10.9. The fourth-order valence-corrected chi connectivity index (χ4v) is 2.02. The number of aromatic nitrogens is 2. The van der Waals surface area contributed by atoms with Crippen LogP contribution in [0.4, 0.5) is 0 Å². The van der Waals surface area contributed by atoms with Crippen LogP contribution < -0.4 is 5.32 Å². The molecule has 0 unspecified atom stereocenters. The van der Waals surface area contributed by atoms with Gasteiger partial charge in [-0.1, -0.05) is 36.8 Å². The molecule has 1 aromatic carbocycles. The average Bonchev–Trinajstić information content (AvgIpc) is 2.88. The normalized spacial score (nSPS) is 10.7. The molecule has 3 heteroatoms. The predicted octanol–water partition coefficient (Wildman–Crippen LogP) is 3.01. The third kappa shape index (κ3) is 3.70. The minimum absolute atomic E-state index is 0.973. The van der Waals surface area contributed by atoms with E-state index in [1.165, 1.54) is 25.0 Å². The number of rotatable bonds is 7. The van der Waals surface area contributed by atoms with Crippen LogP contribution in [-0.2, 0) is 6.42 Å². The van der Waals surface area contributed by atoms with Crippen molar-refractivity contribution in [2.24, 2.45) is 0 Å². The number of benzene rings is 1. The smallest absolute Gasteiger partial charge is 0.137 e. The molecular formula is C15H21N3. The number of unbranched alkanes of at least 4 members (excludes halogenated alkanes) is 2. The van der Waals surface area contributed by atoms with Gasteiger partial charge in [0, 0.05) is 17.5 Å². The molecular weight excluding hydrogens is 222 g/mol. The SMILES string of the molecule is CNCCCCCc1cnc(-c2ccccc2)[nH]1. The Morgan fingerprint density at radius 3 is 2.72 bits per heavy atom. The van der Waals surface area contributed by atoms with Gasteiger partial charge in [-0.15, -0.1) is 0 Å². The molecule has 1 aromatic heterocycles. The molecule has 0 fully saturated rings. The van der Waals surface area contributed by atoms with E-state index in [1.54, 1.807) is 0 Å². The second kappa shape index (κ2) is 6.97. The second-order valence-corrected chi connectivity index (χ2v) is 4.54. The molecule has 0 atom stereocenters. The maximum Gasteiger partial charge on any atom is 0.137 e. The zero-order chi connectivity index (χ0) is 12.6. The van der Waals surface area contributed by atoms with Crippen LogP contribution in [0.25, 0.3) is 11.4 Å². The summed E-state index contributed by atoms with van der Waals surface area (Å²) in [7, 11) is 2.00. The van der Waals surface area contributed by atoms with Crippen molar-refractivity contribution in [1.29, 1.82) is 0 Å². The van der Waals surface area contributed by atoms with Gasteiger partial charge >= 0.3 is 0 Å². The molecule has 0 aliphatic rings. The highest BCUT2D eigenvalue weighted by atomic mass is 14.9. The summed E-state index contributed by atoms with van der Waals surface area (Å²) in [5.41, 5.74) is 2.39. The summed E-state index contributed by atoms with van der Waals surface area (Å²) in [6.45, 7) is 1.11. The quantitative estimate of drug-likeness (QED) is 0.734. The number of H-pyrrole nitrogens is 1. The molecule has 0 bridgehead atoms. The van der Waals surface area contributed by atoms with Gasteiger partial charge in [-0.2, -0.15) is 0 Å². The van der Waals surface area contributed by atoms with E-state index in [2.05, 4.69) is 27.4 Å². The maximum absolute atomic E-state index is 4.43. The first-order valence-electron chi connectivity index (χ1n) is 6.64. The monoisotopic (exact) mass is 243 g/mol. The highest BCUT2D eigenvalue weighted by Gasteiger charge is 2.02. The lowest BCUT2D eigenvalue weighted by Crippen LogP contribution is -2.07. The number of aromatic amines is 1. The standard InChI is InChI=1S/C15H21N3/c1-16-11-7-3-6-10-14-12-17-15(18-14)13-8-4-2-5-9-13/h2,4-5,8-9,12,16H,3,6-7,10-11H2,1H3,(H,17,18). The van der Waals surface area contributed by atoms with Crippen LogP contribution in [0.5, 0.6) is 0 Å². The summed E-state index contributed by atoms with van der Waals surface area (Å²) in [5.74, 6) is 0.973. The van der Waals surface area contributed by atoms with Gasteiger partial charge in [0.2, 0.25) is 0 Å². The molecule has 2 aromatic rings. The number of hydrogen-bond donors (Lipinski definition) is 2. The minimum atomic E-state index is 0.973. The average molecular weight is 243 g/mol. The van der Waals surface area contributed by atoms with Crippen molar-refractivity contribution in [3.05, 3.63) is 42.2 Å². The van der Waals surface area contributed by atoms with Crippen molar-refractivity contribution in [3.63, 3.8) is 0 Å². The van der Waals surface area contributed by atoms with Crippen LogP contribution in [0.15, 0.2) is 36.5 Å². The Labute approximate surface area is 109 Å².